The van der Waals surface area contributed by atoms with Crippen LogP contribution in [-0.4, -0.2) is 23.1 Å². The summed E-state index contributed by atoms with van der Waals surface area (Å²) in [6.45, 7) is 6.16. The van der Waals surface area contributed by atoms with E-state index in [4.69, 9.17) is 9.84 Å². The van der Waals surface area contributed by atoms with Crippen LogP contribution in [0, 0.1) is 5.92 Å². The van der Waals surface area contributed by atoms with Gasteiger partial charge in [-0.1, -0.05) is 20.8 Å². The van der Waals surface area contributed by atoms with Crippen LogP contribution in [0.1, 0.15) is 40.0 Å². The molecule has 0 aliphatic heterocycles. The fraction of sp³-hybridized carbons (Fsp3) is 0.667. The van der Waals surface area contributed by atoms with E-state index in [9.17, 15) is 9.59 Å². The predicted octanol–water partition coefficient (Wildman–Crippen LogP) is 2.39. The SMILES string of the molecule is CCC(CCC(C)C)OC(=O)/C=C\C(=O)O. The highest BCUT2D eigenvalue weighted by Gasteiger charge is 2.11. The lowest BCUT2D eigenvalue weighted by molar-refractivity contribution is -0.144. The molecular weight excluding hydrogens is 208 g/mol. The van der Waals surface area contributed by atoms with Crippen LogP contribution in [-0.2, 0) is 14.3 Å². The maximum absolute atomic E-state index is 11.2. The molecular formula is C12H20O4. The molecule has 0 saturated carbocycles. The van der Waals surface area contributed by atoms with Crippen molar-refractivity contribution in [2.45, 2.75) is 46.1 Å². The first-order valence-corrected chi connectivity index (χ1v) is 5.57. The van der Waals surface area contributed by atoms with Gasteiger partial charge in [-0.15, -0.1) is 0 Å². The summed E-state index contributed by atoms with van der Waals surface area (Å²) < 4.78 is 5.11. The highest BCUT2D eigenvalue weighted by molar-refractivity contribution is 5.90. The number of hydrogen-bond donors (Lipinski definition) is 1. The van der Waals surface area contributed by atoms with E-state index in [0.29, 0.717) is 5.92 Å². The number of carboxylic acid groups (broad SMARTS) is 1. The van der Waals surface area contributed by atoms with Gasteiger partial charge in [-0.3, -0.25) is 0 Å². The number of carbonyl (C=O) groups excluding carboxylic acids is 1. The topological polar surface area (TPSA) is 63.6 Å². The molecule has 0 aliphatic carbocycles. The molecule has 0 aromatic heterocycles. The monoisotopic (exact) mass is 228 g/mol. The summed E-state index contributed by atoms with van der Waals surface area (Å²) in [4.78, 5) is 21.4. The summed E-state index contributed by atoms with van der Waals surface area (Å²) >= 11 is 0. The zero-order valence-corrected chi connectivity index (χ0v) is 10.1. The van der Waals surface area contributed by atoms with Crippen LogP contribution in [0.25, 0.3) is 0 Å². The van der Waals surface area contributed by atoms with Crippen LogP contribution >= 0.6 is 0 Å². The summed E-state index contributed by atoms with van der Waals surface area (Å²) in [6.07, 6.45) is 4.18. The van der Waals surface area contributed by atoms with Crippen molar-refractivity contribution in [2.24, 2.45) is 5.92 Å². The molecule has 16 heavy (non-hydrogen) atoms. The van der Waals surface area contributed by atoms with Crippen LogP contribution < -0.4 is 0 Å². The second-order valence-electron chi connectivity index (χ2n) is 4.11. The van der Waals surface area contributed by atoms with Crippen LogP contribution in [0.3, 0.4) is 0 Å². The molecule has 0 bridgehead atoms. The fourth-order valence-electron chi connectivity index (χ4n) is 1.21. The second-order valence-corrected chi connectivity index (χ2v) is 4.11. The maximum Gasteiger partial charge on any atom is 0.331 e. The van der Waals surface area contributed by atoms with Gasteiger partial charge in [0.05, 0.1) is 0 Å². The normalized spacial score (nSPS) is 13.0. The maximum atomic E-state index is 11.2. The molecule has 0 aromatic rings. The Bertz CT molecular complexity index is 256. The first-order valence-electron chi connectivity index (χ1n) is 5.57. The highest BCUT2D eigenvalue weighted by atomic mass is 16.5. The Labute approximate surface area is 96.3 Å². The number of ether oxygens (including phenoxy) is 1. The van der Waals surface area contributed by atoms with Gasteiger partial charge in [0.2, 0.25) is 0 Å². The predicted molar refractivity (Wildman–Crippen MR) is 61.0 cm³/mol. The van der Waals surface area contributed by atoms with Gasteiger partial charge in [0.25, 0.3) is 0 Å². The summed E-state index contributed by atoms with van der Waals surface area (Å²) in [5, 5.41) is 8.34. The molecule has 0 spiro atoms. The molecule has 1 atom stereocenters. The van der Waals surface area contributed by atoms with Crippen molar-refractivity contribution in [1.82, 2.24) is 0 Å². The molecule has 0 radical (unpaired) electrons. The first kappa shape index (κ1) is 14.7. The quantitative estimate of drug-likeness (QED) is 0.536. The lowest BCUT2D eigenvalue weighted by Gasteiger charge is -2.15. The van der Waals surface area contributed by atoms with Crippen molar-refractivity contribution < 1.29 is 19.4 Å². The van der Waals surface area contributed by atoms with E-state index < -0.39 is 11.9 Å². The molecule has 4 nitrogen and oxygen atoms in total. The third-order valence-electron chi connectivity index (χ3n) is 2.17. The Morgan fingerprint density at radius 3 is 2.31 bits per heavy atom. The number of carboxylic acids is 1. The fourth-order valence-corrected chi connectivity index (χ4v) is 1.21. The summed E-state index contributed by atoms with van der Waals surface area (Å²) in [7, 11) is 0. The van der Waals surface area contributed by atoms with Gasteiger partial charge >= 0.3 is 11.9 Å². The average Bonchev–Trinajstić information content (AvgIpc) is 2.20. The van der Waals surface area contributed by atoms with Gasteiger partial charge in [0.15, 0.2) is 0 Å². The van der Waals surface area contributed by atoms with E-state index in [0.717, 1.165) is 31.4 Å². The summed E-state index contributed by atoms with van der Waals surface area (Å²) in [5.74, 6) is -1.16. The van der Waals surface area contributed by atoms with Crippen molar-refractivity contribution in [3.8, 4) is 0 Å². The largest absolute Gasteiger partial charge is 0.478 e. The van der Waals surface area contributed by atoms with Gasteiger partial charge < -0.3 is 9.84 Å². The Morgan fingerprint density at radius 1 is 1.25 bits per heavy atom. The number of esters is 1. The summed E-state index contributed by atoms with van der Waals surface area (Å²) in [5.41, 5.74) is 0. The highest BCUT2D eigenvalue weighted by Crippen LogP contribution is 2.12. The third kappa shape index (κ3) is 8.03. The van der Waals surface area contributed by atoms with E-state index in [-0.39, 0.29) is 6.10 Å². The van der Waals surface area contributed by atoms with Gasteiger partial charge in [0, 0.05) is 12.2 Å². The van der Waals surface area contributed by atoms with E-state index in [1.807, 2.05) is 6.92 Å². The van der Waals surface area contributed by atoms with E-state index >= 15 is 0 Å². The molecule has 4 heteroatoms. The molecule has 1 unspecified atom stereocenters. The Kier molecular flexibility index (Phi) is 7.25. The first-order chi connectivity index (χ1) is 7.45. The molecule has 0 aliphatic rings. The lowest BCUT2D eigenvalue weighted by Crippen LogP contribution is -2.16. The Balaban J connectivity index is 4.01. The van der Waals surface area contributed by atoms with Gasteiger partial charge in [-0.25, -0.2) is 9.59 Å². The van der Waals surface area contributed by atoms with Crippen molar-refractivity contribution >= 4 is 11.9 Å². The van der Waals surface area contributed by atoms with Gasteiger partial charge in [0.1, 0.15) is 6.10 Å². The average molecular weight is 228 g/mol. The molecule has 0 heterocycles. The number of aliphatic carboxylic acids is 1. The van der Waals surface area contributed by atoms with Crippen LogP contribution in [0.15, 0.2) is 12.2 Å². The minimum atomic E-state index is -1.15. The lowest BCUT2D eigenvalue weighted by atomic mass is 10.0. The molecule has 0 fully saturated rings. The number of rotatable bonds is 7. The van der Waals surface area contributed by atoms with Crippen LogP contribution in [0.5, 0.6) is 0 Å². The minimum Gasteiger partial charge on any atom is -0.478 e. The molecule has 0 amide bonds. The molecule has 0 saturated heterocycles. The van der Waals surface area contributed by atoms with E-state index in [1.165, 1.54) is 0 Å². The molecule has 0 aromatic carbocycles. The van der Waals surface area contributed by atoms with Crippen molar-refractivity contribution in [1.29, 1.82) is 0 Å². The number of carbonyl (C=O) groups is 2. The zero-order chi connectivity index (χ0) is 12.6. The van der Waals surface area contributed by atoms with Gasteiger partial charge in [-0.05, 0) is 25.2 Å². The van der Waals surface area contributed by atoms with E-state index in [2.05, 4.69) is 13.8 Å². The van der Waals surface area contributed by atoms with Crippen molar-refractivity contribution in [3.05, 3.63) is 12.2 Å². The smallest absolute Gasteiger partial charge is 0.331 e. The second kappa shape index (κ2) is 7.91. The standard InChI is InChI=1S/C12H20O4/c1-4-10(6-5-9(2)3)16-12(15)8-7-11(13)14/h7-10H,4-6H2,1-3H3,(H,13,14)/b8-7-. The van der Waals surface area contributed by atoms with Crippen molar-refractivity contribution in [3.63, 3.8) is 0 Å². The van der Waals surface area contributed by atoms with Gasteiger partial charge in [-0.2, -0.15) is 0 Å². The van der Waals surface area contributed by atoms with Crippen LogP contribution in [0.4, 0.5) is 0 Å². The Hall–Kier alpha value is -1.32. The zero-order valence-electron chi connectivity index (χ0n) is 10.1. The molecule has 92 valence electrons. The van der Waals surface area contributed by atoms with E-state index in [1.54, 1.807) is 0 Å². The molecule has 1 N–H and O–H groups in total. The summed E-state index contributed by atoms with van der Waals surface area (Å²) in [6, 6.07) is 0. The molecule has 0 rings (SSSR count). The Morgan fingerprint density at radius 2 is 1.88 bits per heavy atom. The number of hydrogen-bond acceptors (Lipinski definition) is 3. The minimum absolute atomic E-state index is 0.117. The van der Waals surface area contributed by atoms with Crippen LogP contribution in [0.2, 0.25) is 0 Å². The third-order valence-corrected chi connectivity index (χ3v) is 2.17. The van der Waals surface area contributed by atoms with Crippen molar-refractivity contribution in [2.75, 3.05) is 0 Å².